The summed E-state index contributed by atoms with van der Waals surface area (Å²) in [5, 5.41) is 1.12. The molecule has 0 nitrogen and oxygen atoms in total. The van der Waals surface area contributed by atoms with Crippen LogP contribution in [0.5, 0.6) is 0 Å². The number of hydrogen-bond acceptors (Lipinski definition) is 2. The van der Waals surface area contributed by atoms with Crippen molar-refractivity contribution >= 4 is 33.3 Å². The van der Waals surface area contributed by atoms with E-state index in [-0.39, 0.29) is 0 Å². The Kier molecular flexibility index (Phi) is 3.25. The quantitative estimate of drug-likeness (QED) is 0.745. The molecule has 0 atom stereocenters. The van der Waals surface area contributed by atoms with Crippen molar-refractivity contribution in [3.8, 4) is 0 Å². The molecule has 0 bridgehead atoms. The van der Waals surface area contributed by atoms with E-state index in [0.29, 0.717) is 0 Å². The molecule has 0 spiro atoms. The van der Waals surface area contributed by atoms with Gasteiger partial charge in [-0.2, -0.15) is 0 Å². The molecule has 3 rings (SSSR count). The molecule has 17 heavy (non-hydrogen) atoms. The third-order valence-electron chi connectivity index (χ3n) is 2.68. The van der Waals surface area contributed by atoms with Crippen LogP contribution in [0.25, 0.3) is 9.81 Å². The minimum atomic E-state index is 1.12. The Labute approximate surface area is 110 Å². The molecule has 2 aromatic rings. The maximum Gasteiger partial charge on any atom is 0.0488 e. The predicted octanol–water partition coefficient (Wildman–Crippen LogP) is 4.95. The lowest BCUT2D eigenvalue weighted by Crippen LogP contribution is -1.81. The van der Waals surface area contributed by atoms with E-state index in [1.807, 2.05) is 23.5 Å². The zero-order chi connectivity index (χ0) is 11.5. The summed E-state index contributed by atoms with van der Waals surface area (Å²) in [6, 6.07) is 21.3. The minimum Gasteiger partial charge on any atom is -0.113 e. The van der Waals surface area contributed by atoms with Crippen molar-refractivity contribution in [3.05, 3.63) is 71.8 Å². The van der Waals surface area contributed by atoms with Gasteiger partial charge in [0.05, 0.1) is 0 Å². The van der Waals surface area contributed by atoms with Crippen LogP contribution in [-0.4, -0.2) is 5.08 Å². The molecule has 0 aromatic heterocycles. The molecule has 2 heteroatoms. The Balaban J connectivity index is 2.08. The van der Waals surface area contributed by atoms with E-state index in [4.69, 9.17) is 0 Å². The normalized spacial score (nSPS) is 15.3. The topological polar surface area (TPSA) is 0 Å². The zero-order valence-electron chi connectivity index (χ0n) is 9.30. The summed E-state index contributed by atoms with van der Waals surface area (Å²) in [7, 11) is 0. The van der Waals surface area contributed by atoms with Crippen LogP contribution in [0.3, 0.4) is 0 Å². The molecule has 1 heterocycles. The summed E-state index contributed by atoms with van der Waals surface area (Å²) < 4.78 is 0. The lowest BCUT2D eigenvalue weighted by Gasteiger charge is -2.06. The standard InChI is InChI=1S/C15H12S2/c1-3-7-12(8-4-1)14-15(17-11-16-14)13-9-5-2-6-10-13/h1-10H,11H2. The lowest BCUT2D eigenvalue weighted by molar-refractivity contribution is 1.63. The van der Waals surface area contributed by atoms with Gasteiger partial charge in [-0.3, -0.25) is 0 Å². The van der Waals surface area contributed by atoms with Crippen LogP contribution >= 0.6 is 23.5 Å². The van der Waals surface area contributed by atoms with Crippen molar-refractivity contribution in [2.24, 2.45) is 0 Å². The average Bonchev–Trinajstić information content (AvgIpc) is 2.90. The first-order valence-electron chi connectivity index (χ1n) is 5.56. The van der Waals surface area contributed by atoms with E-state index in [2.05, 4.69) is 60.7 Å². The van der Waals surface area contributed by atoms with Crippen LogP contribution < -0.4 is 0 Å². The van der Waals surface area contributed by atoms with Gasteiger partial charge in [0, 0.05) is 14.9 Å². The highest BCUT2D eigenvalue weighted by atomic mass is 32.2. The molecule has 0 saturated carbocycles. The van der Waals surface area contributed by atoms with E-state index < -0.39 is 0 Å². The van der Waals surface area contributed by atoms with Crippen molar-refractivity contribution in [2.75, 3.05) is 5.08 Å². The molecular weight excluding hydrogens is 244 g/mol. The van der Waals surface area contributed by atoms with Gasteiger partial charge >= 0.3 is 0 Å². The van der Waals surface area contributed by atoms with Gasteiger partial charge < -0.3 is 0 Å². The smallest absolute Gasteiger partial charge is 0.0488 e. The fourth-order valence-electron chi connectivity index (χ4n) is 1.89. The SMILES string of the molecule is c1ccc(C2=C(c3ccccc3)SCS2)cc1. The minimum absolute atomic E-state index is 1.12. The summed E-state index contributed by atoms with van der Waals surface area (Å²) >= 11 is 3.88. The first kappa shape index (κ1) is 11.0. The first-order chi connectivity index (χ1) is 8.45. The van der Waals surface area contributed by atoms with Crippen molar-refractivity contribution in [1.29, 1.82) is 0 Å². The Morgan fingerprint density at radius 2 is 1.00 bits per heavy atom. The summed E-state index contributed by atoms with van der Waals surface area (Å²) in [4.78, 5) is 2.84. The fourth-order valence-corrected chi connectivity index (χ4v) is 4.52. The summed E-state index contributed by atoms with van der Waals surface area (Å²) in [6.07, 6.45) is 0. The molecule has 0 radical (unpaired) electrons. The fraction of sp³-hybridized carbons (Fsp3) is 0.0667. The first-order valence-corrected chi connectivity index (χ1v) is 7.53. The second-order valence-electron chi connectivity index (χ2n) is 3.80. The van der Waals surface area contributed by atoms with Crippen molar-refractivity contribution < 1.29 is 0 Å². The zero-order valence-corrected chi connectivity index (χ0v) is 10.9. The summed E-state index contributed by atoms with van der Waals surface area (Å²) in [5.74, 6) is 0. The van der Waals surface area contributed by atoms with Gasteiger partial charge in [-0.1, -0.05) is 60.7 Å². The Morgan fingerprint density at radius 1 is 0.588 bits per heavy atom. The third-order valence-corrected chi connectivity index (χ3v) is 5.21. The molecule has 0 N–H and O–H groups in total. The number of rotatable bonds is 2. The number of benzene rings is 2. The van der Waals surface area contributed by atoms with E-state index in [9.17, 15) is 0 Å². The highest BCUT2D eigenvalue weighted by molar-refractivity contribution is 8.28. The highest BCUT2D eigenvalue weighted by Gasteiger charge is 2.18. The van der Waals surface area contributed by atoms with Gasteiger partial charge in [0.1, 0.15) is 0 Å². The molecule has 0 unspecified atom stereocenters. The van der Waals surface area contributed by atoms with Crippen LogP contribution in [0, 0.1) is 0 Å². The second-order valence-corrected chi connectivity index (χ2v) is 6.13. The van der Waals surface area contributed by atoms with Gasteiger partial charge in [-0.15, -0.1) is 23.5 Å². The van der Waals surface area contributed by atoms with E-state index in [1.165, 1.54) is 20.9 Å². The van der Waals surface area contributed by atoms with Gasteiger partial charge in [0.15, 0.2) is 0 Å². The van der Waals surface area contributed by atoms with Crippen LogP contribution in [0.4, 0.5) is 0 Å². The summed E-state index contributed by atoms with van der Waals surface area (Å²) in [5.41, 5.74) is 2.67. The predicted molar refractivity (Wildman–Crippen MR) is 79.7 cm³/mol. The lowest BCUT2D eigenvalue weighted by atomic mass is 10.1. The summed E-state index contributed by atoms with van der Waals surface area (Å²) in [6.45, 7) is 0. The van der Waals surface area contributed by atoms with Gasteiger partial charge in [-0.25, -0.2) is 0 Å². The van der Waals surface area contributed by atoms with Crippen molar-refractivity contribution in [1.82, 2.24) is 0 Å². The molecule has 0 fully saturated rings. The molecule has 0 amide bonds. The van der Waals surface area contributed by atoms with Crippen molar-refractivity contribution in [2.45, 2.75) is 0 Å². The second kappa shape index (κ2) is 5.03. The highest BCUT2D eigenvalue weighted by Crippen LogP contribution is 2.49. The Hall–Kier alpha value is -1.12. The third kappa shape index (κ3) is 2.28. The maximum atomic E-state index is 2.19. The average molecular weight is 256 g/mol. The van der Waals surface area contributed by atoms with Crippen LogP contribution in [0.2, 0.25) is 0 Å². The van der Waals surface area contributed by atoms with E-state index in [1.54, 1.807) is 0 Å². The number of thioether (sulfide) groups is 2. The Morgan fingerprint density at radius 3 is 1.41 bits per heavy atom. The molecular formula is C15H12S2. The number of hydrogen-bond donors (Lipinski definition) is 0. The van der Waals surface area contributed by atoms with Crippen LogP contribution in [-0.2, 0) is 0 Å². The maximum absolute atomic E-state index is 2.19. The molecule has 84 valence electrons. The van der Waals surface area contributed by atoms with Gasteiger partial charge in [0.2, 0.25) is 0 Å². The molecule has 1 aliphatic rings. The molecule has 0 aliphatic carbocycles. The van der Waals surface area contributed by atoms with Crippen LogP contribution in [0.1, 0.15) is 11.1 Å². The Bertz CT molecular complexity index is 480. The van der Waals surface area contributed by atoms with Gasteiger partial charge in [0.25, 0.3) is 0 Å². The van der Waals surface area contributed by atoms with Crippen LogP contribution in [0.15, 0.2) is 60.7 Å². The largest absolute Gasteiger partial charge is 0.113 e. The van der Waals surface area contributed by atoms with Crippen molar-refractivity contribution in [3.63, 3.8) is 0 Å². The van der Waals surface area contributed by atoms with E-state index >= 15 is 0 Å². The molecule has 2 aromatic carbocycles. The molecule has 1 aliphatic heterocycles. The molecule has 0 saturated heterocycles. The van der Waals surface area contributed by atoms with E-state index in [0.717, 1.165) is 5.08 Å². The van der Waals surface area contributed by atoms with Gasteiger partial charge in [-0.05, 0) is 11.1 Å². The monoisotopic (exact) mass is 256 g/mol.